The molecule has 0 bridgehead atoms. The van der Waals surface area contributed by atoms with Crippen LogP contribution < -0.4 is 0 Å². The third-order valence-electron chi connectivity index (χ3n) is 12.7. The van der Waals surface area contributed by atoms with Crippen molar-refractivity contribution in [1.82, 2.24) is 18.7 Å². The van der Waals surface area contributed by atoms with Crippen molar-refractivity contribution in [2.45, 2.75) is 12.8 Å². The van der Waals surface area contributed by atoms with Crippen LogP contribution in [0.2, 0.25) is 0 Å². The zero-order chi connectivity index (χ0) is 38.6. The van der Waals surface area contributed by atoms with E-state index in [-0.39, 0.29) is 0 Å². The Morgan fingerprint density at radius 2 is 0.780 bits per heavy atom. The summed E-state index contributed by atoms with van der Waals surface area (Å²) in [6.07, 6.45) is 1.89. The van der Waals surface area contributed by atoms with Crippen LogP contribution in [0.1, 0.15) is 22.3 Å². The summed E-state index contributed by atoms with van der Waals surface area (Å²) in [6.45, 7) is 0. The molecule has 0 atom stereocenters. The number of para-hydroxylation sites is 5. The zero-order valence-electron chi connectivity index (χ0n) is 32.2. The maximum absolute atomic E-state index is 5.13. The van der Waals surface area contributed by atoms with Gasteiger partial charge in [-0.15, -0.1) is 0 Å². The molecule has 59 heavy (non-hydrogen) atoms. The summed E-state index contributed by atoms with van der Waals surface area (Å²) in [5, 5.41) is 7.74. The Hall–Kier alpha value is -7.69. The average Bonchev–Trinajstić information content (AvgIpc) is 3.97. The van der Waals surface area contributed by atoms with Crippen LogP contribution in [0.15, 0.2) is 194 Å². The van der Waals surface area contributed by atoms with E-state index in [1.165, 1.54) is 76.6 Å². The molecule has 13 rings (SSSR count). The van der Waals surface area contributed by atoms with Crippen LogP contribution in [0, 0.1) is 0 Å². The minimum absolute atomic E-state index is 0.933. The van der Waals surface area contributed by atoms with Gasteiger partial charge in [0.2, 0.25) is 0 Å². The highest BCUT2D eigenvalue weighted by Crippen LogP contribution is 2.48. The number of aromatic nitrogens is 4. The third kappa shape index (κ3) is 4.69. The molecule has 0 saturated carbocycles. The van der Waals surface area contributed by atoms with Gasteiger partial charge >= 0.3 is 0 Å². The van der Waals surface area contributed by atoms with Gasteiger partial charge < -0.3 is 9.13 Å². The molecule has 9 aromatic carbocycles. The van der Waals surface area contributed by atoms with Crippen molar-refractivity contribution >= 4 is 65.4 Å². The van der Waals surface area contributed by atoms with Crippen molar-refractivity contribution in [2.24, 2.45) is 0 Å². The third-order valence-corrected chi connectivity index (χ3v) is 12.7. The molecule has 0 aliphatic heterocycles. The number of fused-ring (bicyclic) bond motifs is 13. The summed E-state index contributed by atoms with van der Waals surface area (Å²) < 4.78 is 7.32. The Labute approximate surface area is 340 Å². The Balaban J connectivity index is 1.15. The molecule has 3 heterocycles. The van der Waals surface area contributed by atoms with Gasteiger partial charge in [-0.05, 0) is 119 Å². The summed E-state index contributed by atoms with van der Waals surface area (Å²) in [6, 6.07) is 70.9. The van der Waals surface area contributed by atoms with E-state index in [1.807, 2.05) is 0 Å². The second-order valence-electron chi connectivity index (χ2n) is 15.9. The highest BCUT2D eigenvalue weighted by molar-refractivity contribution is 6.36. The molecule has 0 spiro atoms. The predicted molar refractivity (Wildman–Crippen MR) is 245 cm³/mol. The lowest BCUT2D eigenvalue weighted by Crippen LogP contribution is -2.07. The Kier molecular flexibility index (Phi) is 6.81. The first-order chi connectivity index (χ1) is 29.3. The van der Waals surface area contributed by atoms with E-state index < -0.39 is 0 Å². The van der Waals surface area contributed by atoms with E-state index in [9.17, 15) is 0 Å². The molecule has 1 aliphatic rings. The fourth-order valence-electron chi connectivity index (χ4n) is 10.2. The maximum Gasteiger partial charge on any atom is 0.145 e. The average molecular weight is 753 g/mol. The van der Waals surface area contributed by atoms with E-state index in [0.717, 1.165) is 52.3 Å². The molecule has 12 aromatic rings. The zero-order valence-corrected chi connectivity index (χ0v) is 32.2. The van der Waals surface area contributed by atoms with Crippen LogP contribution in [0.3, 0.4) is 0 Å². The van der Waals surface area contributed by atoms with Crippen molar-refractivity contribution in [1.29, 1.82) is 0 Å². The highest BCUT2D eigenvalue weighted by Gasteiger charge is 2.27. The van der Waals surface area contributed by atoms with Crippen molar-refractivity contribution in [2.75, 3.05) is 0 Å². The van der Waals surface area contributed by atoms with Crippen LogP contribution in [0.4, 0.5) is 0 Å². The molecule has 3 aromatic heterocycles. The number of nitrogens with zero attached hydrogens (tertiary/aromatic N) is 4. The van der Waals surface area contributed by atoms with Gasteiger partial charge in [0.15, 0.2) is 0 Å². The first-order valence-corrected chi connectivity index (χ1v) is 20.5. The number of hydrogen-bond donors (Lipinski definition) is 0. The van der Waals surface area contributed by atoms with Crippen molar-refractivity contribution in [3.63, 3.8) is 0 Å². The summed E-state index contributed by atoms with van der Waals surface area (Å²) in [5.41, 5.74) is 17.0. The van der Waals surface area contributed by atoms with Crippen molar-refractivity contribution in [3.05, 3.63) is 216 Å². The monoisotopic (exact) mass is 752 g/mol. The predicted octanol–water partition coefficient (Wildman–Crippen LogP) is 13.5. The summed E-state index contributed by atoms with van der Waals surface area (Å²) >= 11 is 0. The molecule has 1 aliphatic carbocycles. The van der Waals surface area contributed by atoms with Gasteiger partial charge in [0.1, 0.15) is 5.82 Å². The molecule has 0 fully saturated rings. The topological polar surface area (TPSA) is 27.7 Å². The molecule has 0 unspecified atom stereocenters. The molecule has 4 heteroatoms. The van der Waals surface area contributed by atoms with Crippen LogP contribution in [-0.4, -0.2) is 18.7 Å². The van der Waals surface area contributed by atoms with Crippen molar-refractivity contribution in [3.8, 4) is 28.5 Å². The quantitative estimate of drug-likeness (QED) is 0.176. The lowest BCUT2D eigenvalue weighted by Gasteiger charge is -2.21. The van der Waals surface area contributed by atoms with E-state index in [0.29, 0.717) is 0 Å². The minimum atomic E-state index is 0.933. The molecule has 4 nitrogen and oxygen atoms in total. The molecule has 0 amide bonds. The Morgan fingerprint density at radius 3 is 1.36 bits per heavy atom. The van der Waals surface area contributed by atoms with Crippen molar-refractivity contribution < 1.29 is 0 Å². The fraction of sp³-hybridized carbons (Fsp3) is 0.0364. The molecular weight excluding hydrogens is 717 g/mol. The van der Waals surface area contributed by atoms with E-state index in [2.05, 4.69) is 208 Å². The summed E-state index contributed by atoms with van der Waals surface area (Å²) in [5.74, 6) is 0.933. The van der Waals surface area contributed by atoms with Gasteiger partial charge in [0, 0.05) is 44.2 Å². The summed E-state index contributed by atoms with van der Waals surface area (Å²) in [4.78, 5) is 5.13. The molecule has 0 N–H and O–H groups in total. The van der Waals surface area contributed by atoms with E-state index in [1.54, 1.807) is 0 Å². The smallest absolute Gasteiger partial charge is 0.145 e. The number of benzene rings is 9. The van der Waals surface area contributed by atoms with Gasteiger partial charge in [-0.2, -0.15) is 0 Å². The molecular formula is C55H36N4. The van der Waals surface area contributed by atoms with Gasteiger partial charge in [0.25, 0.3) is 0 Å². The van der Waals surface area contributed by atoms with Crippen LogP contribution in [-0.2, 0) is 12.8 Å². The largest absolute Gasteiger partial charge is 0.307 e. The van der Waals surface area contributed by atoms with Gasteiger partial charge in [0.05, 0.1) is 33.1 Å². The normalized spacial score (nSPS) is 12.6. The lowest BCUT2D eigenvalue weighted by atomic mass is 9.83. The number of hydrogen-bond acceptors (Lipinski definition) is 1. The first kappa shape index (κ1) is 32.4. The standard InChI is InChI=1S/C55H36N4/c1-3-15-35(16-4-1)55-56-47-23-11-14-26-50(47)59(55)42-29-27-41(28-30-42)58-49-25-13-10-22-44(49)52-46-34-39-32-37-18-8-7-17-36(37)31-38(39)33-45(46)51-43-21-9-12-24-48(43)57(53(51)54(52)58)40-19-5-2-6-20-40/h1-30,33-34H,31-32H2. The van der Waals surface area contributed by atoms with Crippen LogP contribution >= 0.6 is 0 Å². The second-order valence-corrected chi connectivity index (χ2v) is 15.9. The number of rotatable bonds is 4. The van der Waals surface area contributed by atoms with Crippen LogP contribution in [0.25, 0.3) is 93.9 Å². The fourth-order valence-corrected chi connectivity index (χ4v) is 10.2. The minimum Gasteiger partial charge on any atom is -0.307 e. The molecule has 276 valence electrons. The molecule has 0 saturated heterocycles. The second kappa shape index (κ2) is 12.4. The Morgan fingerprint density at radius 1 is 0.339 bits per heavy atom. The van der Waals surface area contributed by atoms with Gasteiger partial charge in [-0.3, -0.25) is 4.57 Å². The summed E-state index contributed by atoms with van der Waals surface area (Å²) in [7, 11) is 0. The number of imidazole rings is 1. The molecule has 0 radical (unpaired) electrons. The maximum atomic E-state index is 5.13. The SMILES string of the molecule is c1ccc(-c2nc3ccccc3n2-c2ccc(-n3c4ccccc4c4c5cc6c(cc5c5c7ccccc7n(-c7ccccc7)c5c43)Cc3ccccc3C6)cc2)cc1. The first-order valence-electron chi connectivity index (χ1n) is 20.5. The Bertz CT molecular complexity index is 3640. The lowest BCUT2D eigenvalue weighted by molar-refractivity contribution is 1.01. The van der Waals surface area contributed by atoms with Gasteiger partial charge in [-0.1, -0.05) is 121 Å². The van der Waals surface area contributed by atoms with E-state index in [4.69, 9.17) is 4.98 Å². The van der Waals surface area contributed by atoms with E-state index >= 15 is 0 Å². The van der Waals surface area contributed by atoms with Gasteiger partial charge in [-0.25, -0.2) is 4.98 Å². The van der Waals surface area contributed by atoms with Crippen LogP contribution in [0.5, 0.6) is 0 Å². The highest BCUT2D eigenvalue weighted by atomic mass is 15.1.